The number of hydrogen-bond donors (Lipinski definition) is 1. The van der Waals surface area contributed by atoms with E-state index in [2.05, 4.69) is 10.3 Å². The van der Waals surface area contributed by atoms with Crippen LogP contribution >= 0.6 is 0 Å². The maximum absolute atomic E-state index is 11.3. The molecule has 0 spiro atoms. The van der Waals surface area contributed by atoms with E-state index >= 15 is 0 Å². The molecule has 1 N–H and O–H groups in total. The fourth-order valence-corrected chi connectivity index (χ4v) is 1.07. The summed E-state index contributed by atoms with van der Waals surface area (Å²) < 4.78 is 0. The molecule has 12 heavy (non-hydrogen) atoms. The molecule has 5 heteroatoms. The van der Waals surface area contributed by atoms with Crippen molar-refractivity contribution in [3.63, 3.8) is 0 Å². The maximum atomic E-state index is 11.3. The van der Waals surface area contributed by atoms with Gasteiger partial charge in [0.15, 0.2) is 0 Å². The molecule has 0 aliphatic carbocycles. The largest absolute Gasteiger partial charge is 0.345 e. The smallest absolute Gasteiger partial charge is 0.309 e. The molecular formula is C7H8N4O. The van der Waals surface area contributed by atoms with Crippen molar-refractivity contribution in [2.45, 2.75) is 6.92 Å². The molecule has 0 saturated carbocycles. The van der Waals surface area contributed by atoms with Gasteiger partial charge in [0, 0.05) is 18.1 Å². The van der Waals surface area contributed by atoms with Crippen LogP contribution in [0.4, 0.5) is 4.79 Å². The molecule has 0 unspecified atom stereocenters. The summed E-state index contributed by atoms with van der Waals surface area (Å²) >= 11 is 0. The van der Waals surface area contributed by atoms with Gasteiger partial charge in [0.2, 0.25) is 0 Å². The third-order valence-electron chi connectivity index (χ3n) is 1.57. The molecule has 2 aliphatic rings. The Kier molecular flexibility index (Phi) is 1.36. The highest BCUT2D eigenvalue weighted by Crippen LogP contribution is 2.10. The molecular weight excluding hydrogens is 156 g/mol. The SMILES string of the molecule is CC1=CN2C=NC=CN2C(=O)N1. The van der Waals surface area contributed by atoms with E-state index in [1.54, 1.807) is 29.9 Å². The van der Waals surface area contributed by atoms with Gasteiger partial charge in [-0.25, -0.2) is 19.8 Å². The number of aliphatic imine (C=N–C) groups is 1. The predicted octanol–water partition coefficient (Wildman–Crippen LogP) is 0.603. The molecule has 2 heterocycles. The van der Waals surface area contributed by atoms with Crippen LogP contribution in [-0.4, -0.2) is 22.4 Å². The zero-order valence-corrected chi connectivity index (χ0v) is 6.56. The fraction of sp³-hybridized carbons (Fsp3) is 0.143. The Morgan fingerprint density at radius 3 is 3.25 bits per heavy atom. The molecule has 62 valence electrons. The molecule has 0 aromatic carbocycles. The topological polar surface area (TPSA) is 47.9 Å². The number of amides is 2. The Morgan fingerprint density at radius 2 is 2.42 bits per heavy atom. The molecule has 0 radical (unpaired) electrons. The number of urea groups is 1. The first kappa shape index (κ1) is 6.90. The predicted molar refractivity (Wildman–Crippen MR) is 43.6 cm³/mol. The van der Waals surface area contributed by atoms with Crippen molar-refractivity contribution in [3.05, 3.63) is 24.3 Å². The lowest BCUT2D eigenvalue weighted by Gasteiger charge is -2.33. The summed E-state index contributed by atoms with van der Waals surface area (Å²) in [4.78, 5) is 15.1. The van der Waals surface area contributed by atoms with E-state index in [1.165, 1.54) is 5.01 Å². The van der Waals surface area contributed by atoms with Crippen molar-refractivity contribution in [1.29, 1.82) is 0 Å². The van der Waals surface area contributed by atoms with Crippen molar-refractivity contribution >= 4 is 12.4 Å². The Morgan fingerprint density at radius 1 is 1.58 bits per heavy atom. The molecule has 0 aromatic heterocycles. The highest BCUT2D eigenvalue weighted by molar-refractivity contribution is 5.80. The van der Waals surface area contributed by atoms with Crippen LogP contribution in [0.5, 0.6) is 0 Å². The van der Waals surface area contributed by atoms with Crippen LogP contribution in [0.15, 0.2) is 29.3 Å². The van der Waals surface area contributed by atoms with Crippen LogP contribution in [0.2, 0.25) is 0 Å². The Hall–Kier alpha value is -1.78. The van der Waals surface area contributed by atoms with Gasteiger partial charge in [-0.1, -0.05) is 0 Å². The Labute approximate surface area is 69.6 Å². The molecule has 0 bridgehead atoms. The van der Waals surface area contributed by atoms with E-state index in [0.717, 1.165) is 5.70 Å². The molecule has 0 aromatic rings. The molecule has 2 rings (SSSR count). The van der Waals surface area contributed by atoms with Gasteiger partial charge in [-0.15, -0.1) is 0 Å². The molecule has 5 nitrogen and oxygen atoms in total. The van der Waals surface area contributed by atoms with Gasteiger partial charge in [-0.05, 0) is 6.92 Å². The van der Waals surface area contributed by atoms with E-state index in [1.807, 2.05) is 6.92 Å². The summed E-state index contributed by atoms with van der Waals surface area (Å²) in [5.74, 6) is 0. The minimum atomic E-state index is -0.169. The monoisotopic (exact) mass is 164 g/mol. The lowest BCUT2D eigenvalue weighted by atomic mass is 10.5. The van der Waals surface area contributed by atoms with Crippen LogP contribution in [0.1, 0.15) is 6.92 Å². The zero-order valence-electron chi connectivity index (χ0n) is 6.56. The van der Waals surface area contributed by atoms with E-state index in [4.69, 9.17) is 0 Å². The number of carbonyl (C=O) groups is 1. The summed E-state index contributed by atoms with van der Waals surface area (Å²) in [5.41, 5.74) is 0.804. The molecule has 2 aliphatic heterocycles. The van der Waals surface area contributed by atoms with Gasteiger partial charge in [0.25, 0.3) is 0 Å². The Bertz CT molecular complexity index is 305. The first-order valence-corrected chi connectivity index (χ1v) is 3.54. The van der Waals surface area contributed by atoms with Gasteiger partial charge in [-0.3, -0.25) is 0 Å². The molecule has 0 saturated heterocycles. The van der Waals surface area contributed by atoms with Crippen molar-refractivity contribution in [1.82, 2.24) is 15.3 Å². The lowest BCUT2D eigenvalue weighted by Crippen LogP contribution is -2.49. The average Bonchev–Trinajstić information content (AvgIpc) is 2.04. The first-order chi connectivity index (χ1) is 5.77. The number of nitrogens with zero attached hydrogens (tertiary/aromatic N) is 3. The standard InChI is InChI=1S/C7H8N4O/c1-6-4-10-5-8-2-3-11(10)7(12)9-6/h2-5H,1H3,(H,9,12). The van der Waals surface area contributed by atoms with Crippen molar-refractivity contribution in [3.8, 4) is 0 Å². The van der Waals surface area contributed by atoms with Gasteiger partial charge in [0.1, 0.15) is 6.34 Å². The molecule has 0 fully saturated rings. The molecule has 0 atom stereocenters. The lowest BCUT2D eigenvalue weighted by molar-refractivity contribution is 0.151. The van der Waals surface area contributed by atoms with E-state index in [0.29, 0.717) is 0 Å². The second kappa shape index (κ2) is 2.37. The van der Waals surface area contributed by atoms with Gasteiger partial charge in [0.05, 0.1) is 6.20 Å². The van der Waals surface area contributed by atoms with Crippen LogP contribution in [0.25, 0.3) is 0 Å². The van der Waals surface area contributed by atoms with Crippen molar-refractivity contribution < 1.29 is 4.79 Å². The number of nitrogens with one attached hydrogen (secondary N) is 1. The highest BCUT2D eigenvalue weighted by atomic mass is 16.2. The Balaban J connectivity index is 2.34. The normalized spacial score (nSPS) is 20.4. The van der Waals surface area contributed by atoms with Gasteiger partial charge in [-0.2, -0.15) is 0 Å². The molecule has 2 amide bonds. The van der Waals surface area contributed by atoms with Gasteiger partial charge < -0.3 is 5.32 Å². The van der Waals surface area contributed by atoms with Crippen LogP contribution in [0, 0.1) is 0 Å². The number of rotatable bonds is 0. The summed E-state index contributed by atoms with van der Waals surface area (Å²) in [5, 5.41) is 5.72. The summed E-state index contributed by atoms with van der Waals surface area (Å²) in [6, 6.07) is -0.169. The quantitative estimate of drug-likeness (QED) is 0.570. The second-order valence-corrected chi connectivity index (χ2v) is 2.53. The highest BCUT2D eigenvalue weighted by Gasteiger charge is 2.21. The van der Waals surface area contributed by atoms with Crippen LogP contribution < -0.4 is 5.32 Å². The summed E-state index contributed by atoms with van der Waals surface area (Å²) in [7, 11) is 0. The third-order valence-corrected chi connectivity index (χ3v) is 1.57. The minimum Gasteiger partial charge on any atom is -0.309 e. The third kappa shape index (κ3) is 0.952. The van der Waals surface area contributed by atoms with Crippen LogP contribution in [-0.2, 0) is 0 Å². The minimum absolute atomic E-state index is 0.169. The van der Waals surface area contributed by atoms with Crippen molar-refractivity contribution in [2.24, 2.45) is 4.99 Å². The number of hydrogen-bond acceptors (Lipinski definition) is 3. The maximum Gasteiger partial charge on any atom is 0.345 e. The summed E-state index contributed by atoms with van der Waals surface area (Å²) in [6.07, 6.45) is 6.51. The van der Waals surface area contributed by atoms with E-state index < -0.39 is 0 Å². The van der Waals surface area contributed by atoms with E-state index in [9.17, 15) is 4.79 Å². The summed E-state index contributed by atoms with van der Waals surface area (Å²) in [6.45, 7) is 1.82. The van der Waals surface area contributed by atoms with Gasteiger partial charge >= 0.3 is 6.03 Å². The van der Waals surface area contributed by atoms with Crippen LogP contribution in [0.3, 0.4) is 0 Å². The van der Waals surface area contributed by atoms with E-state index in [-0.39, 0.29) is 6.03 Å². The number of allylic oxidation sites excluding steroid dienone is 1. The van der Waals surface area contributed by atoms with Crippen molar-refractivity contribution in [2.75, 3.05) is 0 Å². The number of hydrazine groups is 1. The first-order valence-electron chi connectivity index (χ1n) is 3.54. The second-order valence-electron chi connectivity index (χ2n) is 2.53. The number of carbonyl (C=O) groups excluding carboxylic acids is 1. The fourth-order valence-electron chi connectivity index (χ4n) is 1.07. The zero-order chi connectivity index (χ0) is 8.55. The average molecular weight is 164 g/mol. The number of fused-ring (bicyclic) bond motifs is 1.